The first kappa shape index (κ1) is 23.0. The van der Waals surface area contributed by atoms with Gasteiger partial charge in [0.25, 0.3) is 11.5 Å². The van der Waals surface area contributed by atoms with Gasteiger partial charge in [-0.3, -0.25) is 14.5 Å². The number of carbonyl (C=O) groups excluding carboxylic acids is 1. The van der Waals surface area contributed by atoms with E-state index in [0.29, 0.717) is 44.2 Å². The second-order valence-corrected chi connectivity index (χ2v) is 9.03. The number of anilines is 2. The third-order valence-corrected chi connectivity index (χ3v) is 6.98. The van der Waals surface area contributed by atoms with Crippen molar-refractivity contribution in [2.45, 2.75) is 12.2 Å². The second kappa shape index (κ2) is 8.92. The van der Waals surface area contributed by atoms with Gasteiger partial charge < -0.3 is 25.3 Å². The van der Waals surface area contributed by atoms with E-state index in [2.05, 4.69) is 24.4 Å². The van der Waals surface area contributed by atoms with Crippen molar-refractivity contribution in [3.05, 3.63) is 58.9 Å². The van der Waals surface area contributed by atoms with E-state index in [9.17, 15) is 14.7 Å². The van der Waals surface area contributed by atoms with E-state index >= 15 is 0 Å². The van der Waals surface area contributed by atoms with Crippen molar-refractivity contribution in [3.8, 4) is 11.6 Å². The first-order chi connectivity index (χ1) is 17.9. The highest BCUT2D eigenvalue weighted by atomic mass is 32.1. The van der Waals surface area contributed by atoms with E-state index < -0.39 is 23.7 Å². The third-order valence-electron chi connectivity index (χ3n) is 6.09. The molecule has 0 aliphatic carbocycles. The maximum Gasteiger partial charge on any atom is 0.260 e. The minimum absolute atomic E-state index is 0.0797. The van der Waals surface area contributed by atoms with Crippen molar-refractivity contribution in [3.63, 3.8) is 0 Å². The number of nitrogen functional groups attached to an aromatic ring is 1. The number of fused-ring (bicyclic) bond motifs is 3. The van der Waals surface area contributed by atoms with Crippen molar-refractivity contribution >= 4 is 50.1 Å². The number of aromatic nitrogens is 6. The molecule has 1 aliphatic heterocycles. The van der Waals surface area contributed by atoms with Crippen molar-refractivity contribution in [1.82, 2.24) is 29.1 Å². The number of ether oxygens (including phenoxy) is 2. The molecule has 37 heavy (non-hydrogen) atoms. The number of morpholine rings is 1. The Balaban J connectivity index is 1.29. The molecule has 6 rings (SSSR count). The van der Waals surface area contributed by atoms with Gasteiger partial charge in [-0.05, 0) is 29.7 Å². The van der Waals surface area contributed by atoms with Crippen LogP contribution in [0.1, 0.15) is 11.9 Å². The highest BCUT2D eigenvalue weighted by Gasteiger charge is 2.38. The first-order valence-electron chi connectivity index (χ1n) is 11.2. The Morgan fingerprint density at radius 1 is 1.30 bits per heavy atom. The molecule has 1 fully saturated rings. The fraction of sp³-hybridized carbons (Fsp3) is 0.217. The van der Waals surface area contributed by atoms with E-state index in [-0.39, 0.29) is 19.0 Å². The summed E-state index contributed by atoms with van der Waals surface area (Å²) < 4.78 is 17.1. The molecule has 1 saturated heterocycles. The number of nitrogens with two attached hydrogens (primary N) is 1. The van der Waals surface area contributed by atoms with Gasteiger partial charge in [0.05, 0.1) is 41.6 Å². The van der Waals surface area contributed by atoms with E-state index in [1.54, 1.807) is 47.4 Å². The molecule has 0 radical (unpaired) electrons. The largest absolute Gasteiger partial charge is 0.481 e. The average molecular weight is 521 g/mol. The van der Waals surface area contributed by atoms with Gasteiger partial charge in [0.2, 0.25) is 5.88 Å². The molecular formula is C23H20N8O5S. The second-order valence-electron chi connectivity index (χ2n) is 8.26. The predicted octanol–water partition coefficient (Wildman–Crippen LogP) is 1.17. The number of H-pyrrole nitrogens is 1. The number of aliphatic hydroxyl groups excluding tert-OH is 1. The monoisotopic (exact) mass is 520 g/mol. The lowest BCUT2D eigenvalue weighted by Crippen LogP contribution is -2.50. The van der Waals surface area contributed by atoms with Gasteiger partial charge in [0, 0.05) is 29.9 Å². The smallest absolute Gasteiger partial charge is 0.260 e. The Bertz CT molecular complexity index is 1710. The Hall–Kier alpha value is -4.40. The zero-order chi connectivity index (χ0) is 25.7. The molecule has 4 N–H and O–H groups in total. The summed E-state index contributed by atoms with van der Waals surface area (Å²) in [5, 5.41) is 16.5. The van der Waals surface area contributed by atoms with Crippen LogP contribution in [-0.2, 0) is 9.53 Å². The van der Waals surface area contributed by atoms with Crippen molar-refractivity contribution in [2.75, 3.05) is 30.9 Å². The van der Waals surface area contributed by atoms with E-state index in [1.807, 2.05) is 0 Å². The molecule has 0 spiro atoms. The SMILES string of the molecule is COc1cc(-n2ccc(N3CCOC(C(O)c4nc5ccc6c(N)nsc6c5c(=O)[nH]4)C3=O)n2)ccn1. The number of aromatic amines is 1. The molecule has 0 bridgehead atoms. The van der Waals surface area contributed by atoms with Crippen LogP contribution in [0.4, 0.5) is 11.6 Å². The Kier molecular flexibility index (Phi) is 5.55. The zero-order valence-electron chi connectivity index (χ0n) is 19.4. The van der Waals surface area contributed by atoms with Gasteiger partial charge in [-0.15, -0.1) is 5.10 Å². The third kappa shape index (κ3) is 3.87. The predicted molar refractivity (Wildman–Crippen MR) is 135 cm³/mol. The summed E-state index contributed by atoms with van der Waals surface area (Å²) in [4.78, 5) is 38.8. The van der Waals surface area contributed by atoms with Crippen molar-refractivity contribution in [2.24, 2.45) is 0 Å². The standard InChI is InChI=1S/C23H20N8O5S/c1-35-15-10-11(4-6-25-15)31-7-5-14(28-31)30-8-9-36-18(23(30)34)17(32)21-26-13-3-2-12-19(37-29-20(12)24)16(13)22(33)27-21/h2-7,10,17-18,32H,8-9H2,1H3,(H2,24,29)(H,26,27,33). The number of methoxy groups -OCH3 is 1. The number of rotatable bonds is 5. The first-order valence-corrected chi connectivity index (χ1v) is 12.0. The van der Waals surface area contributed by atoms with E-state index in [1.165, 1.54) is 12.0 Å². The quantitative estimate of drug-likeness (QED) is 0.305. The molecule has 5 aromatic rings. The summed E-state index contributed by atoms with van der Waals surface area (Å²) in [5.74, 6) is 0.550. The summed E-state index contributed by atoms with van der Waals surface area (Å²) in [6.45, 7) is 0.396. The molecule has 13 nitrogen and oxygen atoms in total. The van der Waals surface area contributed by atoms with Crippen LogP contribution in [0.2, 0.25) is 0 Å². The summed E-state index contributed by atoms with van der Waals surface area (Å²) in [5.41, 5.74) is 6.44. The molecule has 5 heterocycles. The molecule has 1 aliphatic rings. The summed E-state index contributed by atoms with van der Waals surface area (Å²) in [7, 11) is 1.52. The van der Waals surface area contributed by atoms with Gasteiger partial charge in [-0.25, -0.2) is 14.6 Å². The highest BCUT2D eigenvalue weighted by Crippen LogP contribution is 2.30. The maximum absolute atomic E-state index is 13.3. The lowest BCUT2D eigenvalue weighted by Gasteiger charge is -2.32. The van der Waals surface area contributed by atoms with Crippen molar-refractivity contribution < 1.29 is 19.4 Å². The Morgan fingerprint density at radius 3 is 3.00 bits per heavy atom. The fourth-order valence-corrected chi connectivity index (χ4v) is 5.11. The maximum atomic E-state index is 13.3. The molecule has 1 aromatic carbocycles. The minimum Gasteiger partial charge on any atom is -0.481 e. The normalized spacial score (nSPS) is 17.0. The molecule has 1 amide bonds. The van der Waals surface area contributed by atoms with E-state index in [4.69, 9.17) is 15.2 Å². The average Bonchev–Trinajstić information content (AvgIpc) is 3.55. The van der Waals surface area contributed by atoms with Crippen LogP contribution >= 0.6 is 11.5 Å². The van der Waals surface area contributed by atoms with E-state index in [0.717, 1.165) is 11.5 Å². The zero-order valence-corrected chi connectivity index (χ0v) is 20.2. The van der Waals surface area contributed by atoms with Gasteiger partial charge in [-0.2, -0.15) is 4.37 Å². The number of nitrogens with zero attached hydrogens (tertiary/aromatic N) is 6. The number of carbonyl (C=O) groups is 1. The number of aliphatic hydroxyl groups is 1. The number of hydrogen-bond donors (Lipinski definition) is 3. The Morgan fingerprint density at radius 2 is 2.16 bits per heavy atom. The lowest BCUT2D eigenvalue weighted by molar-refractivity contribution is -0.143. The van der Waals surface area contributed by atoms with Crippen LogP contribution in [-0.4, -0.2) is 66.5 Å². The summed E-state index contributed by atoms with van der Waals surface area (Å²) >= 11 is 1.10. The van der Waals surface area contributed by atoms with Crippen LogP contribution in [0, 0.1) is 0 Å². The van der Waals surface area contributed by atoms with Gasteiger partial charge in [0.15, 0.2) is 11.9 Å². The summed E-state index contributed by atoms with van der Waals surface area (Å²) in [6.07, 6.45) is 0.492. The molecule has 4 aromatic heterocycles. The highest BCUT2D eigenvalue weighted by molar-refractivity contribution is 7.14. The van der Waals surface area contributed by atoms with Crippen molar-refractivity contribution in [1.29, 1.82) is 0 Å². The molecule has 0 saturated carbocycles. The number of pyridine rings is 1. The van der Waals surface area contributed by atoms with Crippen LogP contribution < -0.4 is 20.9 Å². The molecule has 188 valence electrons. The van der Waals surface area contributed by atoms with Crippen LogP contribution in [0.3, 0.4) is 0 Å². The fourth-order valence-electron chi connectivity index (χ4n) is 4.26. The number of nitrogens with one attached hydrogen (secondary N) is 1. The molecule has 14 heteroatoms. The van der Waals surface area contributed by atoms with Gasteiger partial charge in [0.1, 0.15) is 17.7 Å². The van der Waals surface area contributed by atoms with Crippen LogP contribution in [0.25, 0.3) is 26.7 Å². The topological polar surface area (TPSA) is 174 Å². The molecule has 2 unspecified atom stereocenters. The van der Waals surface area contributed by atoms with Crippen LogP contribution in [0.15, 0.2) is 47.5 Å². The number of amides is 1. The summed E-state index contributed by atoms with van der Waals surface area (Å²) in [6, 6.07) is 8.49. The molecular weight excluding hydrogens is 500 g/mol. The number of hydrogen-bond acceptors (Lipinski definition) is 11. The number of benzene rings is 1. The Labute approximate surface area is 212 Å². The lowest BCUT2D eigenvalue weighted by atomic mass is 10.1. The minimum atomic E-state index is -1.51. The van der Waals surface area contributed by atoms with Crippen LogP contribution in [0.5, 0.6) is 5.88 Å². The van der Waals surface area contributed by atoms with Gasteiger partial charge in [-0.1, -0.05) is 0 Å². The molecule has 2 atom stereocenters. The van der Waals surface area contributed by atoms with Gasteiger partial charge >= 0.3 is 0 Å².